The molecule has 32 heavy (non-hydrogen) atoms. The molecule has 0 aliphatic heterocycles. The van der Waals surface area contributed by atoms with E-state index in [2.05, 4.69) is 11.1 Å². The van der Waals surface area contributed by atoms with Crippen LogP contribution in [0.25, 0.3) is 43.6 Å². The summed E-state index contributed by atoms with van der Waals surface area (Å²) in [6.07, 6.45) is 0. The Balaban J connectivity index is 1.96. The summed E-state index contributed by atoms with van der Waals surface area (Å²) in [7, 11) is 1.63. The monoisotopic (exact) mass is 434 g/mol. The van der Waals surface area contributed by atoms with Gasteiger partial charge in [0, 0.05) is 21.4 Å². The van der Waals surface area contributed by atoms with E-state index in [-0.39, 0.29) is 5.56 Å². The Bertz CT molecular complexity index is 1530. The molecular formula is C27H18N2O2S. The molecule has 0 atom stereocenters. The van der Waals surface area contributed by atoms with E-state index in [1.54, 1.807) is 13.2 Å². The average molecular weight is 435 g/mol. The summed E-state index contributed by atoms with van der Waals surface area (Å²) in [4.78, 5) is 17.5. The lowest BCUT2D eigenvalue weighted by Crippen LogP contribution is -2.11. The first-order valence-corrected chi connectivity index (χ1v) is 11.0. The lowest BCUT2D eigenvalue weighted by molar-refractivity contribution is 0.417. The number of H-pyrrole nitrogens is 1. The fraction of sp³-hybridized carbons (Fsp3) is 0.0370. The van der Waals surface area contributed by atoms with Crippen LogP contribution in [0.2, 0.25) is 0 Å². The van der Waals surface area contributed by atoms with Crippen molar-refractivity contribution in [2.24, 2.45) is 0 Å². The Kier molecular flexibility index (Phi) is 5.06. The third kappa shape index (κ3) is 3.27. The molecule has 0 unspecified atom stereocenters. The molecule has 5 rings (SSSR count). The third-order valence-electron chi connectivity index (χ3n) is 5.48. The van der Waals surface area contributed by atoms with E-state index in [1.807, 2.05) is 78.2 Å². The third-order valence-corrected chi connectivity index (χ3v) is 6.37. The van der Waals surface area contributed by atoms with Gasteiger partial charge in [-0.2, -0.15) is 5.26 Å². The standard InChI is InChI=1S/C27H18N2O2S/c1-31-21-13-12-20-23(19-10-5-7-17(15-19)16-28)25(22-11-6-14-32-22)27(30)29-26(20)24(21)18-8-3-2-4-9-18/h2-15H,1H3,(H,29,30). The molecule has 2 heterocycles. The smallest absolute Gasteiger partial charge is 0.257 e. The van der Waals surface area contributed by atoms with Crippen LogP contribution in [0.4, 0.5) is 0 Å². The number of aromatic amines is 1. The van der Waals surface area contributed by atoms with Crippen LogP contribution in [-0.2, 0) is 0 Å². The van der Waals surface area contributed by atoms with Gasteiger partial charge in [0.05, 0.1) is 29.8 Å². The first kappa shape index (κ1) is 19.8. The number of nitrogens with zero attached hydrogens (tertiary/aromatic N) is 1. The number of nitriles is 1. The molecule has 0 saturated carbocycles. The fourth-order valence-corrected chi connectivity index (χ4v) is 4.88. The van der Waals surface area contributed by atoms with Gasteiger partial charge in [-0.1, -0.05) is 48.5 Å². The van der Waals surface area contributed by atoms with E-state index in [0.29, 0.717) is 22.4 Å². The summed E-state index contributed by atoms with van der Waals surface area (Å²) >= 11 is 1.52. The van der Waals surface area contributed by atoms with Gasteiger partial charge in [0.15, 0.2) is 0 Å². The maximum atomic E-state index is 13.5. The number of aromatic nitrogens is 1. The van der Waals surface area contributed by atoms with Crippen LogP contribution < -0.4 is 10.3 Å². The Morgan fingerprint density at radius 1 is 0.875 bits per heavy atom. The molecule has 0 saturated heterocycles. The van der Waals surface area contributed by atoms with Crippen LogP contribution >= 0.6 is 11.3 Å². The Morgan fingerprint density at radius 3 is 2.41 bits per heavy atom. The van der Waals surface area contributed by atoms with Crippen LogP contribution in [-0.4, -0.2) is 12.1 Å². The average Bonchev–Trinajstić information content (AvgIpc) is 3.37. The van der Waals surface area contributed by atoms with Crippen molar-refractivity contribution >= 4 is 22.2 Å². The van der Waals surface area contributed by atoms with Crippen molar-refractivity contribution in [3.63, 3.8) is 0 Å². The predicted molar refractivity (Wildman–Crippen MR) is 130 cm³/mol. The van der Waals surface area contributed by atoms with Gasteiger partial charge in [-0.25, -0.2) is 0 Å². The van der Waals surface area contributed by atoms with Crippen molar-refractivity contribution < 1.29 is 4.74 Å². The molecule has 5 aromatic rings. The highest BCUT2D eigenvalue weighted by molar-refractivity contribution is 7.13. The van der Waals surface area contributed by atoms with Gasteiger partial charge >= 0.3 is 0 Å². The Labute approximate surface area is 189 Å². The van der Waals surface area contributed by atoms with Crippen molar-refractivity contribution in [1.29, 1.82) is 5.26 Å². The minimum Gasteiger partial charge on any atom is -0.496 e. The van der Waals surface area contributed by atoms with Gasteiger partial charge in [-0.3, -0.25) is 4.79 Å². The van der Waals surface area contributed by atoms with Crippen LogP contribution in [0.3, 0.4) is 0 Å². The highest BCUT2D eigenvalue weighted by Crippen LogP contribution is 2.42. The normalized spacial score (nSPS) is 10.8. The molecule has 0 amide bonds. The minimum absolute atomic E-state index is 0.178. The van der Waals surface area contributed by atoms with E-state index < -0.39 is 0 Å². The summed E-state index contributed by atoms with van der Waals surface area (Å²) in [5.41, 5.74) is 5.10. The summed E-state index contributed by atoms with van der Waals surface area (Å²) in [6.45, 7) is 0. The van der Waals surface area contributed by atoms with Crippen molar-refractivity contribution in [2.45, 2.75) is 0 Å². The number of pyridine rings is 1. The van der Waals surface area contributed by atoms with E-state index in [4.69, 9.17) is 4.74 Å². The van der Waals surface area contributed by atoms with Gasteiger partial charge in [0.25, 0.3) is 5.56 Å². The Morgan fingerprint density at radius 2 is 1.69 bits per heavy atom. The maximum absolute atomic E-state index is 13.5. The highest BCUT2D eigenvalue weighted by atomic mass is 32.1. The van der Waals surface area contributed by atoms with Crippen molar-refractivity contribution in [1.82, 2.24) is 4.98 Å². The number of hydrogen-bond acceptors (Lipinski definition) is 4. The second-order valence-corrected chi connectivity index (χ2v) is 8.25. The molecule has 4 nitrogen and oxygen atoms in total. The van der Waals surface area contributed by atoms with E-state index >= 15 is 0 Å². The number of ether oxygens (including phenoxy) is 1. The molecule has 0 fully saturated rings. The zero-order chi connectivity index (χ0) is 22.1. The molecule has 0 aliphatic rings. The molecular weight excluding hydrogens is 416 g/mol. The van der Waals surface area contributed by atoms with Gasteiger partial charge < -0.3 is 9.72 Å². The maximum Gasteiger partial charge on any atom is 0.257 e. The van der Waals surface area contributed by atoms with Crippen molar-refractivity contribution in [3.05, 3.63) is 100 Å². The van der Waals surface area contributed by atoms with Crippen LogP contribution in [0.1, 0.15) is 5.56 Å². The first-order chi connectivity index (χ1) is 15.7. The van der Waals surface area contributed by atoms with E-state index in [0.717, 1.165) is 32.5 Å². The second-order valence-electron chi connectivity index (χ2n) is 7.31. The molecule has 1 N–H and O–H groups in total. The van der Waals surface area contributed by atoms with Crippen molar-refractivity contribution in [2.75, 3.05) is 7.11 Å². The number of thiophene rings is 1. The van der Waals surface area contributed by atoms with Gasteiger partial charge in [0.2, 0.25) is 0 Å². The molecule has 5 heteroatoms. The van der Waals surface area contributed by atoms with Crippen LogP contribution in [0, 0.1) is 11.3 Å². The number of fused-ring (bicyclic) bond motifs is 1. The number of methoxy groups -OCH3 is 1. The summed E-state index contributed by atoms with van der Waals surface area (Å²) in [5, 5.41) is 12.3. The number of nitrogens with one attached hydrogen (secondary N) is 1. The zero-order valence-corrected chi connectivity index (χ0v) is 18.1. The Hall–Kier alpha value is -4.14. The zero-order valence-electron chi connectivity index (χ0n) is 17.3. The molecule has 154 valence electrons. The van der Waals surface area contributed by atoms with Crippen molar-refractivity contribution in [3.8, 4) is 44.5 Å². The summed E-state index contributed by atoms with van der Waals surface area (Å²) in [5.74, 6) is 0.681. The molecule has 0 radical (unpaired) electrons. The van der Waals surface area contributed by atoms with E-state index in [1.165, 1.54) is 11.3 Å². The molecule has 0 aliphatic carbocycles. The number of benzene rings is 3. The summed E-state index contributed by atoms with van der Waals surface area (Å²) in [6, 6.07) is 27.3. The van der Waals surface area contributed by atoms with Gasteiger partial charge in [0.1, 0.15) is 5.75 Å². The molecule has 3 aromatic carbocycles. The fourth-order valence-electron chi connectivity index (χ4n) is 4.11. The summed E-state index contributed by atoms with van der Waals surface area (Å²) < 4.78 is 5.67. The predicted octanol–water partition coefficient (Wildman–Crippen LogP) is 6.47. The number of rotatable bonds is 4. The quantitative estimate of drug-likeness (QED) is 0.352. The van der Waals surface area contributed by atoms with E-state index in [9.17, 15) is 10.1 Å². The highest BCUT2D eigenvalue weighted by Gasteiger charge is 2.21. The topological polar surface area (TPSA) is 65.9 Å². The SMILES string of the molecule is COc1ccc2c(-c3cccc(C#N)c3)c(-c3cccs3)c(=O)[nH]c2c1-c1ccccc1. The molecule has 2 aromatic heterocycles. The largest absolute Gasteiger partial charge is 0.496 e. The van der Waals surface area contributed by atoms with Gasteiger partial charge in [-0.15, -0.1) is 11.3 Å². The first-order valence-electron chi connectivity index (χ1n) is 10.1. The second kappa shape index (κ2) is 8.18. The molecule has 0 bridgehead atoms. The lowest BCUT2D eigenvalue weighted by atomic mass is 9.91. The molecule has 0 spiro atoms. The minimum atomic E-state index is -0.178. The number of hydrogen-bond donors (Lipinski definition) is 1. The van der Waals surface area contributed by atoms with Crippen LogP contribution in [0.15, 0.2) is 89.0 Å². The van der Waals surface area contributed by atoms with Gasteiger partial charge in [-0.05, 0) is 46.8 Å². The van der Waals surface area contributed by atoms with Crippen LogP contribution in [0.5, 0.6) is 5.75 Å². The lowest BCUT2D eigenvalue weighted by Gasteiger charge is -2.17.